The Kier molecular flexibility index (Phi) is 4.95. The number of hydrogen-bond acceptors (Lipinski definition) is 3. The molecular weight excluding hydrogens is 297 g/mol. The first-order valence-corrected chi connectivity index (χ1v) is 8.39. The Labute approximate surface area is 123 Å². The van der Waals surface area contributed by atoms with Crippen molar-refractivity contribution in [3.63, 3.8) is 0 Å². The van der Waals surface area contributed by atoms with Crippen LogP contribution in [0.1, 0.15) is 32.1 Å². The lowest BCUT2D eigenvalue weighted by Crippen LogP contribution is -2.46. The molecule has 1 saturated carbocycles. The average Bonchev–Trinajstić information content (AvgIpc) is 2.46. The van der Waals surface area contributed by atoms with Crippen molar-refractivity contribution >= 4 is 16.0 Å². The molecule has 116 valence electrons. The summed E-state index contributed by atoms with van der Waals surface area (Å²) in [7, 11) is -3.97. The first-order chi connectivity index (χ1) is 9.90. The van der Waals surface area contributed by atoms with Gasteiger partial charge in [0.05, 0.1) is 4.90 Å². The van der Waals surface area contributed by atoms with Crippen molar-refractivity contribution in [1.82, 2.24) is 4.72 Å². The molecule has 0 aromatic heterocycles. The Morgan fingerprint density at radius 1 is 1.19 bits per heavy atom. The molecular formula is C14H18FNO4S. The molecule has 0 amide bonds. The maximum Gasteiger partial charge on any atom is 0.322 e. The number of sulfonamides is 1. The predicted octanol–water partition coefficient (Wildman–Crippen LogP) is 2.14. The van der Waals surface area contributed by atoms with Crippen LogP contribution in [0.4, 0.5) is 4.39 Å². The number of carboxylic acids is 1. The van der Waals surface area contributed by atoms with E-state index >= 15 is 0 Å². The van der Waals surface area contributed by atoms with E-state index in [0.717, 1.165) is 43.5 Å². The number of benzene rings is 1. The van der Waals surface area contributed by atoms with Crippen LogP contribution >= 0.6 is 0 Å². The van der Waals surface area contributed by atoms with Crippen LogP contribution in [0.3, 0.4) is 0 Å². The van der Waals surface area contributed by atoms with Gasteiger partial charge in [-0.05, 0) is 43.0 Å². The SMILES string of the molecule is O=C(O)C(NS(=O)(=O)c1ccc(F)cc1)C1CCCCC1. The third kappa shape index (κ3) is 4.01. The minimum atomic E-state index is -3.97. The minimum absolute atomic E-state index is 0.133. The van der Waals surface area contributed by atoms with E-state index in [-0.39, 0.29) is 10.8 Å². The first-order valence-electron chi connectivity index (χ1n) is 6.91. The van der Waals surface area contributed by atoms with Gasteiger partial charge in [0, 0.05) is 0 Å². The molecule has 1 atom stereocenters. The minimum Gasteiger partial charge on any atom is -0.480 e. The van der Waals surface area contributed by atoms with Crippen LogP contribution in [-0.4, -0.2) is 25.5 Å². The summed E-state index contributed by atoms with van der Waals surface area (Å²) < 4.78 is 39.5. The molecule has 1 unspecified atom stereocenters. The van der Waals surface area contributed by atoms with E-state index in [1.165, 1.54) is 0 Å². The van der Waals surface area contributed by atoms with E-state index in [9.17, 15) is 22.7 Å². The topological polar surface area (TPSA) is 83.5 Å². The van der Waals surface area contributed by atoms with Crippen LogP contribution in [0.25, 0.3) is 0 Å². The monoisotopic (exact) mass is 315 g/mol. The Bertz CT molecular complexity index is 594. The van der Waals surface area contributed by atoms with E-state index in [1.807, 2.05) is 0 Å². The Morgan fingerprint density at radius 3 is 2.29 bits per heavy atom. The fourth-order valence-electron chi connectivity index (χ4n) is 2.66. The van der Waals surface area contributed by atoms with Gasteiger partial charge in [-0.1, -0.05) is 19.3 Å². The summed E-state index contributed by atoms with van der Waals surface area (Å²) >= 11 is 0. The number of nitrogens with one attached hydrogen (secondary N) is 1. The molecule has 0 saturated heterocycles. The largest absolute Gasteiger partial charge is 0.480 e. The van der Waals surface area contributed by atoms with Crippen molar-refractivity contribution in [2.75, 3.05) is 0 Å². The first kappa shape index (κ1) is 15.9. The van der Waals surface area contributed by atoms with E-state index in [2.05, 4.69) is 4.72 Å². The third-order valence-corrected chi connectivity index (χ3v) is 5.25. The zero-order valence-corrected chi connectivity index (χ0v) is 12.3. The number of rotatable bonds is 5. The molecule has 0 radical (unpaired) electrons. The van der Waals surface area contributed by atoms with E-state index in [0.29, 0.717) is 12.8 Å². The average molecular weight is 315 g/mol. The molecule has 0 spiro atoms. The molecule has 0 aliphatic heterocycles. The summed E-state index contributed by atoms with van der Waals surface area (Å²) in [5, 5.41) is 9.29. The maximum absolute atomic E-state index is 12.8. The Morgan fingerprint density at radius 2 is 1.76 bits per heavy atom. The highest BCUT2D eigenvalue weighted by molar-refractivity contribution is 7.89. The van der Waals surface area contributed by atoms with Crippen LogP contribution in [0, 0.1) is 11.7 Å². The number of aliphatic carboxylic acids is 1. The van der Waals surface area contributed by atoms with Gasteiger partial charge in [-0.25, -0.2) is 12.8 Å². The van der Waals surface area contributed by atoms with E-state index in [4.69, 9.17) is 0 Å². The van der Waals surface area contributed by atoms with Gasteiger partial charge in [-0.2, -0.15) is 4.72 Å². The van der Waals surface area contributed by atoms with Gasteiger partial charge in [0.25, 0.3) is 0 Å². The van der Waals surface area contributed by atoms with Gasteiger partial charge in [0.2, 0.25) is 10.0 Å². The summed E-state index contributed by atoms with van der Waals surface area (Å²) in [4.78, 5) is 11.2. The zero-order chi connectivity index (χ0) is 15.5. The van der Waals surface area contributed by atoms with Gasteiger partial charge in [0.1, 0.15) is 11.9 Å². The van der Waals surface area contributed by atoms with Crippen molar-refractivity contribution in [1.29, 1.82) is 0 Å². The number of halogens is 1. The van der Waals surface area contributed by atoms with Crippen LogP contribution in [0.2, 0.25) is 0 Å². The van der Waals surface area contributed by atoms with Gasteiger partial charge in [0.15, 0.2) is 0 Å². The smallest absolute Gasteiger partial charge is 0.322 e. The lowest BCUT2D eigenvalue weighted by atomic mass is 9.84. The summed E-state index contributed by atoms with van der Waals surface area (Å²) in [6.07, 6.45) is 4.26. The summed E-state index contributed by atoms with van der Waals surface area (Å²) in [6, 6.07) is 3.17. The fourth-order valence-corrected chi connectivity index (χ4v) is 3.92. The van der Waals surface area contributed by atoms with Crippen molar-refractivity contribution in [3.8, 4) is 0 Å². The second-order valence-corrected chi connectivity index (χ2v) is 7.00. The van der Waals surface area contributed by atoms with Crippen LogP contribution in [0.15, 0.2) is 29.2 Å². The second kappa shape index (κ2) is 6.53. The molecule has 1 aromatic carbocycles. The normalized spacial score (nSPS) is 18.3. The molecule has 1 aliphatic rings. The number of carbonyl (C=O) groups is 1. The van der Waals surface area contributed by atoms with Crippen molar-refractivity contribution < 1.29 is 22.7 Å². The van der Waals surface area contributed by atoms with Crippen molar-refractivity contribution in [3.05, 3.63) is 30.1 Å². The molecule has 0 heterocycles. The molecule has 21 heavy (non-hydrogen) atoms. The molecule has 5 nitrogen and oxygen atoms in total. The van der Waals surface area contributed by atoms with E-state index in [1.54, 1.807) is 0 Å². The highest BCUT2D eigenvalue weighted by atomic mass is 32.2. The van der Waals surface area contributed by atoms with Gasteiger partial charge < -0.3 is 5.11 Å². The number of hydrogen-bond donors (Lipinski definition) is 2. The lowest BCUT2D eigenvalue weighted by molar-refractivity contribution is -0.140. The van der Waals surface area contributed by atoms with Gasteiger partial charge in [-0.3, -0.25) is 4.79 Å². The maximum atomic E-state index is 12.8. The zero-order valence-electron chi connectivity index (χ0n) is 11.5. The lowest BCUT2D eigenvalue weighted by Gasteiger charge is -2.27. The Balaban J connectivity index is 2.18. The molecule has 2 N–H and O–H groups in total. The Hall–Kier alpha value is -1.47. The van der Waals surface area contributed by atoms with Crippen molar-refractivity contribution in [2.45, 2.75) is 43.0 Å². The van der Waals surface area contributed by atoms with Crippen molar-refractivity contribution in [2.24, 2.45) is 5.92 Å². The molecule has 1 fully saturated rings. The molecule has 7 heteroatoms. The van der Waals surface area contributed by atoms with Crippen LogP contribution < -0.4 is 4.72 Å². The summed E-state index contributed by atoms with van der Waals surface area (Å²) in [5.41, 5.74) is 0. The number of carboxylic acid groups (broad SMARTS) is 1. The molecule has 2 rings (SSSR count). The van der Waals surface area contributed by atoms with Crippen LogP contribution in [0.5, 0.6) is 0 Å². The molecule has 0 bridgehead atoms. The predicted molar refractivity (Wildman–Crippen MR) is 74.7 cm³/mol. The third-order valence-electron chi connectivity index (χ3n) is 3.79. The van der Waals surface area contributed by atoms with Crippen LogP contribution in [-0.2, 0) is 14.8 Å². The second-order valence-electron chi connectivity index (χ2n) is 5.29. The standard InChI is InChI=1S/C14H18FNO4S/c15-11-6-8-12(9-7-11)21(19,20)16-13(14(17)18)10-4-2-1-3-5-10/h6-10,13,16H,1-5H2,(H,17,18). The highest BCUT2D eigenvalue weighted by Gasteiger charge is 2.33. The van der Waals surface area contributed by atoms with E-state index < -0.39 is 27.9 Å². The molecule has 1 aliphatic carbocycles. The highest BCUT2D eigenvalue weighted by Crippen LogP contribution is 2.27. The summed E-state index contributed by atoms with van der Waals surface area (Å²) in [6.45, 7) is 0. The van der Waals surface area contributed by atoms with Gasteiger partial charge >= 0.3 is 5.97 Å². The quantitative estimate of drug-likeness (QED) is 0.872. The summed E-state index contributed by atoms with van der Waals surface area (Å²) in [5.74, 6) is -1.92. The fraction of sp³-hybridized carbons (Fsp3) is 0.500. The van der Waals surface area contributed by atoms with Gasteiger partial charge in [-0.15, -0.1) is 0 Å². The molecule has 1 aromatic rings.